The van der Waals surface area contributed by atoms with Gasteiger partial charge in [-0.15, -0.1) is 0 Å². The zero-order valence-electron chi connectivity index (χ0n) is 15.5. The molecule has 6 heteroatoms. The zero-order valence-corrected chi connectivity index (χ0v) is 15.5. The molecule has 0 spiro atoms. The number of aliphatic hydroxyl groups is 1. The number of rotatable bonds is 4. The minimum Gasteiger partial charge on any atom is -0.393 e. The van der Waals surface area contributed by atoms with E-state index >= 15 is 0 Å². The molecule has 3 nitrogen and oxygen atoms in total. The summed E-state index contributed by atoms with van der Waals surface area (Å²) in [6.07, 6.45) is 1.16. The van der Waals surface area contributed by atoms with Crippen molar-refractivity contribution >= 4 is 5.91 Å². The van der Waals surface area contributed by atoms with Crippen LogP contribution in [-0.2, 0) is 17.4 Å². The summed E-state index contributed by atoms with van der Waals surface area (Å²) in [4.78, 5) is 14.7. The SMILES string of the molecule is O=C(C1CCC(O)CC1)N1CCC[C@@H](CCc2ccccc2C(F)(F)F)C1. The van der Waals surface area contributed by atoms with Crippen LogP contribution in [0.15, 0.2) is 24.3 Å². The van der Waals surface area contributed by atoms with Gasteiger partial charge in [0, 0.05) is 19.0 Å². The first kappa shape index (κ1) is 20.2. The maximum atomic E-state index is 13.1. The van der Waals surface area contributed by atoms with Gasteiger partial charge >= 0.3 is 6.18 Å². The molecule has 1 aliphatic carbocycles. The first-order chi connectivity index (χ1) is 12.8. The Morgan fingerprint density at radius 3 is 2.52 bits per heavy atom. The average molecular weight is 383 g/mol. The van der Waals surface area contributed by atoms with Gasteiger partial charge in [0.1, 0.15) is 0 Å². The number of hydrogen-bond acceptors (Lipinski definition) is 2. The predicted octanol–water partition coefficient (Wildman–Crippen LogP) is 4.43. The predicted molar refractivity (Wildman–Crippen MR) is 97.0 cm³/mol. The fraction of sp³-hybridized carbons (Fsp3) is 0.667. The Morgan fingerprint density at radius 2 is 1.81 bits per heavy atom. The number of aryl methyl sites for hydroxylation is 1. The van der Waals surface area contributed by atoms with Crippen molar-refractivity contribution in [1.82, 2.24) is 4.90 Å². The number of halogens is 3. The number of alkyl halides is 3. The molecule has 1 heterocycles. The van der Waals surface area contributed by atoms with E-state index in [0.717, 1.165) is 38.3 Å². The molecule has 1 aromatic rings. The Kier molecular flexibility index (Phi) is 6.45. The van der Waals surface area contributed by atoms with E-state index in [4.69, 9.17) is 0 Å². The lowest BCUT2D eigenvalue weighted by Gasteiger charge is -2.36. The fourth-order valence-corrected chi connectivity index (χ4v) is 4.46. The Labute approximate surface area is 158 Å². The van der Waals surface area contributed by atoms with Gasteiger partial charge in [-0.1, -0.05) is 18.2 Å². The van der Waals surface area contributed by atoms with Crippen molar-refractivity contribution in [3.63, 3.8) is 0 Å². The van der Waals surface area contributed by atoms with E-state index in [-0.39, 0.29) is 23.8 Å². The van der Waals surface area contributed by atoms with Gasteiger partial charge in [0.2, 0.25) is 5.91 Å². The molecule has 1 aliphatic heterocycles. The molecule has 0 radical (unpaired) electrons. The number of amides is 1. The van der Waals surface area contributed by atoms with Crippen molar-refractivity contribution in [1.29, 1.82) is 0 Å². The van der Waals surface area contributed by atoms with Gasteiger partial charge < -0.3 is 10.0 Å². The molecule has 0 aromatic heterocycles. The molecule has 1 saturated carbocycles. The monoisotopic (exact) mass is 383 g/mol. The topological polar surface area (TPSA) is 40.5 Å². The smallest absolute Gasteiger partial charge is 0.393 e. The number of hydrogen-bond donors (Lipinski definition) is 1. The Morgan fingerprint density at radius 1 is 1.11 bits per heavy atom. The van der Waals surface area contributed by atoms with E-state index in [1.54, 1.807) is 12.1 Å². The van der Waals surface area contributed by atoms with Gasteiger partial charge in [-0.05, 0) is 68.9 Å². The van der Waals surface area contributed by atoms with Crippen molar-refractivity contribution in [2.24, 2.45) is 11.8 Å². The summed E-state index contributed by atoms with van der Waals surface area (Å²) in [6, 6.07) is 5.78. The largest absolute Gasteiger partial charge is 0.416 e. The summed E-state index contributed by atoms with van der Waals surface area (Å²) in [6.45, 7) is 1.39. The van der Waals surface area contributed by atoms with E-state index in [1.165, 1.54) is 6.07 Å². The van der Waals surface area contributed by atoms with Gasteiger partial charge in [0.05, 0.1) is 11.7 Å². The van der Waals surface area contributed by atoms with Gasteiger partial charge in [-0.2, -0.15) is 13.2 Å². The Balaban J connectivity index is 1.56. The fourth-order valence-electron chi connectivity index (χ4n) is 4.46. The van der Waals surface area contributed by atoms with Gasteiger partial charge in [-0.3, -0.25) is 4.79 Å². The number of carbonyl (C=O) groups is 1. The van der Waals surface area contributed by atoms with Crippen molar-refractivity contribution in [3.05, 3.63) is 35.4 Å². The van der Waals surface area contributed by atoms with Gasteiger partial charge in [0.15, 0.2) is 0 Å². The minimum atomic E-state index is -4.32. The lowest BCUT2D eigenvalue weighted by Crippen LogP contribution is -2.44. The molecule has 2 fully saturated rings. The molecule has 150 valence electrons. The van der Waals surface area contributed by atoms with Crippen LogP contribution in [0.2, 0.25) is 0 Å². The van der Waals surface area contributed by atoms with Crippen LogP contribution in [0.5, 0.6) is 0 Å². The normalized spacial score (nSPS) is 26.8. The molecule has 3 rings (SSSR count). The lowest BCUT2D eigenvalue weighted by atomic mass is 9.85. The van der Waals surface area contributed by atoms with Crippen LogP contribution in [0.25, 0.3) is 0 Å². The van der Waals surface area contributed by atoms with Crippen LogP contribution in [0.3, 0.4) is 0 Å². The van der Waals surface area contributed by atoms with Crippen molar-refractivity contribution < 1.29 is 23.1 Å². The first-order valence-corrected chi connectivity index (χ1v) is 9.96. The molecular formula is C21H28F3NO2. The van der Waals surface area contributed by atoms with Gasteiger partial charge in [-0.25, -0.2) is 0 Å². The number of carbonyl (C=O) groups excluding carboxylic acids is 1. The van der Waals surface area contributed by atoms with Crippen molar-refractivity contribution in [3.8, 4) is 0 Å². The molecule has 1 N–H and O–H groups in total. The third-order valence-corrected chi connectivity index (χ3v) is 6.02. The summed E-state index contributed by atoms with van der Waals surface area (Å²) < 4.78 is 39.4. The third kappa shape index (κ3) is 5.24. The lowest BCUT2D eigenvalue weighted by molar-refractivity contribution is -0.139. The van der Waals surface area contributed by atoms with Crippen LogP contribution in [-0.4, -0.2) is 35.1 Å². The first-order valence-electron chi connectivity index (χ1n) is 9.96. The molecule has 2 aliphatic rings. The summed E-state index contributed by atoms with van der Waals surface area (Å²) >= 11 is 0. The quantitative estimate of drug-likeness (QED) is 0.836. The highest BCUT2D eigenvalue weighted by atomic mass is 19.4. The number of likely N-dealkylation sites (tertiary alicyclic amines) is 1. The Hall–Kier alpha value is -1.56. The highest BCUT2D eigenvalue weighted by Crippen LogP contribution is 2.34. The van der Waals surface area contributed by atoms with Crippen LogP contribution < -0.4 is 0 Å². The number of aliphatic hydroxyl groups excluding tert-OH is 1. The molecule has 0 bridgehead atoms. The van der Waals surface area contributed by atoms with Crippen LogP contribution >= 0.6 is 0 Å². The minimum absolute atomic E-state index is 0.00175. The molecule has 1 aromatic carbocycles. The van der Waals surface area contributed by atoms with E-state index < -0.39 is 11.7 Å². The summed E-state index contributed by atoms with van der Waals surface area (Å²) in [5, 5.41) is 9.61. The molecular weight excluding hydrogens is 355 g/mol. The van der Waals surface area contributed by atoms with E-state index in [2.05, 4.69) is 0 Å². The van der Waals surface area contributed by atoms with Crippen LogP contribution in [0.1, 0.15) is 56.1 Å². The van der Waals surface area contributed by atoms with E-state index in [0.29, 0.717) is 37.8 Å². The number of nitrogens with zero attached hydrogens (tertiary/aromatic N) is 1. The summed E-state index contributed by atoms with van der Waals surface area (Å²) in [5.74, 6) is 0.415. The molecule has 0 unspecified atom stereocenters. The van der Waals surface area contributed by atoms with Crippen LogP contribution in [0, 0.1) is 11.8 Å². The van der Waals surface area contributed by atoms with Gasteiger partial charge in [0.25, 0.3) is 0 Å². The zero-order chi connectivity index (χ0) is 19.4. The summed E-state index contributed by atoms with van der Waals surface area (Å²) in [5.41, 5.74) is -0.204. The van der Waals surface area contributed by atoms with Crippen molar-refractivity contribution in [2.75, 3.05) is 13.1 Å². The summed E-state index contributed by atoms with van der Waals surface area (Å²) in [7, 11) is 0. The second kappa shape index (κ2) is 8.63. The highest BCUT2D eigenvalue weighted by molar-refractivity contribution is 5.79. The highest BCUT2D eigenvalue weighted by Gasteiger charge is 2.34. The Bertz CT molecular complexity index is 639. The number of benzene rings is 1. The number of piperidine rings is 1. The van der Waals surface area contributed by atoms with E-state index in [1.807, 2.05) is 4.90 Å². The van der Waals surface area contributed by atoms with Crippen molar-refractivity contribution in [2.45, 2.75) is 63.6 Å². The molecule has 27 heavy (non-hydrogen) atoms. The molecule has 1 amide bonds. The maximum absolute atomic E-state index is 13.1. The van der Waals surface area contributed by atoms with Crippen LogP contribution in [0.4, 0.5) is 13.2 Å². The molecule has 1 atom stereocenters. The standard InChI is InChI=1S/C21H28F3NO2/c22-21(23,24)19-6-2-1-5-16(19)8-7-15-4-3-13-25(14-15)20(27)17-9-11-18(26)12-10-17/h1-2,5-6,15,17-18,26H,3-4,7-14H2/t15-,17?,18?/m0/s1. The third-order valence-electron chi connectivity index (χ3n) is 6.02. The molecule has 1 saturated heterocycles. The van der Waals surface area contributed by atoms with E-state index in [9.17, 15) is 23.1 Å². The average Bonchev–Trinajstić information content (AvgIpc) is 2.66. The second-order valence-corrected chi connectivity index (χ2v) is 7.99. The maximum Gasteiger partial charge on any atom is 0.416 e. The second-order valence-electron chi connectivity index (χ2n) is 7.99.